The number of rotatable bonds is 5. The number of hydrogen-bond acceptors (Lipinski definition) is 4. The van der Waals surface area contributed by atoms with Crippen LogP contribution in [0, 0.1) is 11.8 Å². The number of aryl methyl sites for hydroxylation is 1. The summed E-state index contributed by atoms with van der Waals surface area (Å²) in [5.41, 5.74) is 0.844. The standard InChI is InChI=1S/C15H16N2O2S/c1-17-12-15(11-16-17)20-9-8-19-14-6-2-4-13(10-14)5-3-7-18/h2,4,6,10-12,18H,7-9H2,1H3. The van der Waals surface area contributed by atoms with Gasteiger partial charge in [-0.3, -0.25) is 4.68 Å². The molecule has 0 saturated carbocycles. The van der Waals surface area contributed by atoms with Crippen LogP contribution in [0.4, 0.5) is 0 Å². The molecule has 104 valence electrons. The van der Waals surface area contributed by atoms with Crippen molar-refractivity contribution < 1.29 is 9.84 Å². The lowest BCUT2D eigenvalue weighted by Crippen LogP contribution is -2.00. The van der Waals surface area contributed by atoms with E-state index in [0.29, 0.717) is 6.61 Å². The molecule has 1 aromatic carbocycles. The second kappa shape index (κ2) is 7.63. The van der Waals surface area contributed by atoms with Gasteiger partial charge in [-0.15, -0.1) is 11.8 Å². The average molecular weight is 288 g/mol. The monoisotopic (exact) mass is 288 g/mol. The largest absolute Gasteiger partial charge is 0.493 e. The van der Waals surface area contributed by atoms with E-state index in [1.165, 1.54) is 0 Å². The molecule has 20 heavy (non-hydrogen) atoms. The van der Waals surface area contributed by atoms with Crippen LogP contribution < -0.4 is 4.74 Å². The number of aromatic nitrogens is 2. The van der Waals surface area contributed by atoms with Crippen LogP contribution in [0.25, 0.3) is 0 Å². The minimum Gasteiger partial charge on any atom is -0.493 e. The van der Waals surface area contributed by atoms with E-state index in [4.69, 9.17) is 9.84 Å². The zero-order valence-corrected chi connectivity index (χ0v) is 12.1. The van der Waals surface area contributed by atoms with E-state index < -0.39 is 0 Å². The van der Waals surface area contributed by atoms with Crippen LogP contribution in [0.2, 0.25) is 0 Å². The predicted octanol–water partition coefficient (Wildman–Crippen LogP) is 1.94. The summed E-state index contributed by atoms with van der Waals surface area (Å²) in [6, 6.07) is 7.56. The van der Waals surface area contributed by atoms with Crippen molar-refractivity contribution in [2.24, 2.45) is 7.05 Å². The Labute approximate surface area is 122 Å². The van der Waals surface area contributed by atoms with Gasteiger partial charge in [0.05, 0.1) is 12.8 Å². The van der Waals surface area contributed by atoms with Gasteiger partial charge in [-0.1, -0.05) is 17.9 Å². The highest BCUT2D eigenvalue weighted by Crippen LogP contribution is 2.17. The fourth-order valence-electron chi connectivity index (χ4n) is 1.60. The lowest BCUT2D eigenvalue weighted by atomic mass is 10.2. The summed E-state index contributed by atoms with van der Waals surface area (Å²) >= 11 is 1.71. The van der Waals surface area contributed by atoms with Crippen LogP contribution in [-0.2, 0) is 7.05 Å². The molecular formula is C15H16N2O2S. The van der Waals surface area contributed by atoms with E-state index >= 15 is 0 Å². The van der Waals surface area contributed by atoms with Gasteiger partial charge < -0.3 is 9.84 Å². The second-order valence-electron chi connectivity index (χ2n) is 4.03. The zero-order valence-electron chi connectivity index (χ0n) is 11.2. The molecule has 1 aromatic heterocycles. The molecule has 0 aliphatic rings. The third-order valence-electron chi connectivity index (χ3n) is 2.45. The molecule has 0 saturated heterocycles. The maximum atomic E-state index is 8.67. The highest BCUT2D eigenvalue weighted by atomic mass is 32.2. The van der Waals surface area contributed by atoms with Gasteiger partial charge in [-0.05, 0) is 18.2 Å². The topological polar surface area (TPSA) is 47.3 Å². The van der Waals surface area contributed by atoms with Crippen molar-refractivity contribution in [2.75, 3.05) is 19.0 Å². The van der Waals surface area contributed by atoms with Crippen molar-refractivity contribution >= 4 is 11.8 Å². The van der Waals surface area contributed by atoms with Gasteiger partial charge in [0.15, 0.2) is 0 Å². The normalized spacial score (nSPS) is 9.90. The molecule has 0 spiro atoms. The summed E-state index contributed by atoms with van der Waals surface area (Å²) < 4.78 is 7.46. The molecule has 0 unspecified atom stereocenters. The van der Waals surface area contributed by atoms with Gasteiger partial charge in [0, 0.05) is 29.5 Å². The molecule has 0 bridgehead atoms. The van der Waals surface area contributed by atoms with Crippen molar-refractivity contribution in [3.05, 3.63) is 42.2 Å². The minimum atomic E-state index is -0.132. The van der Waals surface area contributed by atoms with Gasteiger partial charge in [-0.2, -0.15) is 5.10 Å². The number of hydrogen-bond donors (Lipinski definition) is 1. The molecule has 0 radical (unpaired) electrons. The molecule has 0 aliphatic carbocycles. The SMILES string of the molecule is Cn1cc(SCCOc2cccc(C#CCO)c2)cn1. The Hall–Kier alpha value is -1.90. The van der Waals surface area contributed by atoms with Gasteiger partial charge in [0.25, 0.3) is 0 Å². The molecule has 1 heterocycles. The summed E-state index contributed by atoms with van der Waals surface area (Å²) in [6.07, 6.45) is 3.82. The van der Waals surface area contributed by atoms with Crippen molar-refractivity contribution in [3.63, 3.8) is 0 Å². The Morgan fingerprint density at radius 1 is 1.45 bits per heavy atom. The molecule has 4 nitrogen and oxygen atoms in total. The first-order valence-electron chi connectivity index (χ1n) is 6.22. The Morgan fingerprint density at radius 3 is 3.10 bits per heavy atom. The lowest BCUT2D eigenvalue weighted by Gasteiger charge is -2.05. The van der Waals surface area contributed by atoms with Crippen molar-refractivity contribution in [3.8, 4) is 17.6 Å². The van der Waals surface area contributed by atoms with E-state index in [1.54, 1.807) is 16.4 Å². The molecule has 2 rings (SSSR count). The minimum absolute atomic E-state index is 0.132. The Kier molecular flexibility index (Phi) is 5.54. The summed E-state index contributed by atoms with van der Waals surface area (Å²) in [6.45, 7) is 0.489. The lowest BCUT2D eigenvalue weighted by molar-refractivity contribution is 0.344. The van der Waals surface area contributed by atoms with E-state index in [0.717, 1.165) is 22.0 Å². The number of benzene rings is 1. The van der Waals surface area contributed by atoms with E-state index in [-0.39, 0.29) is 6.61 Å². The van der Waals surface area contributed by atoms with Crippen LogP contribution in [0.5, 0.6) is 5.75 Å². The summed E-state index contributed by atoms with van der Waals surface area (Å²) in [7, 11) is 1.90. The fraction of sp³-hybridized carbons (Fsp3) is 0.267. The van der Waals surface area contributed by atoms with Crippen LogP contribution in [-0.4, -0.2) is 33.9 Å². The predicted molar refractivity (Wildman–Crippen MR) is 79.8 cm³/mol. The van der Waals surface area contributed by atoms with Crippen molar-refractivity contribution in [1.29, 1.82) is 0 Å². The maximum absolute atomic E-state index is 8.67. The molecular weight excluding hydrogens is 272 g/mol. The third-order valence-corrected chi connectivity index (χ3v) is 3.36. The first-order chi connectivity index (χ1) is 9.78. The first-order valence-corrected chi connectivity index (χ1v) is 7.20. The van der Waals surface area contributed by atoms with Crippen molar-refractivity contribution in [1.82, 2.24) is 9.78 Å². The van der Waals surface area contributed by atoms with Crippen LogP contribution in [0.15, 0.2) is 41.6 Å². The molecule has 5 heteroatoms. The van der Waals surface area contributed by atoms with Crippen molar-refractivity contribution in [2.45, 2.75) is 4.90 Å². The molecule has 2 aromatic rings. The number of ether oxygens (including phenoxy) is 1. The molecule has 1 N–H and O–H groups in total. The van der Waals surface area contributed by atoms with Crippen LogP contribution in [0.1, 0.15) is 5.56 Å². The summed E-state index contributed by atoms with van der Waals surface area (Å²) in [5.74, 6) is 7.13. The summed E-state index contributed by atoms with van der Waals surface area (Å²) in [4.78, 5) is 1.14. The quantitative estimate of drug-likeness (QED) is 0.519. The number of aliphatic hydroxyl groups excluding tert-OH is 1. The smallest absolute Gasteiger partial charge is 0.120 e. The number of aliphatic hydroxyl groups is 1. The Bertz CT molecular complexity index is 614. The Morgan fingerprint density at radius 2 is 2.35 bits per heavy atom. The highest BCUT2D eigenvalue weighted by molar-refractivity contribution is 7.99. The van der Waals surface area contributed by atoms with Gasteiger partial charge >= 0.3 is 0 Å². The summed E-state index contributed by atoms with van der Waals surface area (Å²) in [5, 5.41) is 12.8. The van der Waals surface area contributed by atoms with E-state index in [1.807, 2.05) is 43.7 Å². The first kappa shape index (κ1) is 14.5. The van der Waals surface area contributed by atoms with Crippen LogP contribution in [0.3, 0.4) is 0 Å². The van der Waals surface area contributed by atoms with E-state index in [2.05, 4.69) is 16.9 Å². The van der Waals surface area contributed by atoms with Gasteiger partial charge in [0.1, 0.15) is 12.4 Å². The number of nitrogens with zero attached hydrogens (tertiary/aromatic N) is 2. The average Bonchev–Trinajstić information content (AvgIpc) is 2.87. The molecule has 0 amide bonds. The van der Waals surface area contributed by atoms with Gasteiger partial charge in [0.2, 0.25) is 0 Å². The Balaban J connectivity index is 1.79. The molecule has 0 aliphatic heterocycles. The zero-order chi connectivity index (χ0) is 14.2. The molecule has 0 fully saturated rings. The van der Waals surface area contributed by atoms with Gasteiger partial charge in [-0.25, -0.2) is 0 Å². The highest BCUT2D eigenvalue weighted by Gasteiger charge is 1.98. The van der Waals surface area contributed by atoms with Crippen LogP contribution >= 0.6 is 11.8 Å². The van der Waals surface area contributed by atoms with E-state index in [9.17, 15) is 0 Å². The maximum Gasteiger partial charge on any atom is 0.120 e. The molecule has 0 atom stereocenters. The second-order valence-corrected chi connectivity index (χ2v) is 5.20. The third kappa shape index (κ3) is 4.65. The number of thioether (sulfide) groups is 1. The fourth-order valence-corrected chi connectivity index (χ4v) is 2.35.